The first-order valence-electron chi connectivity index (χ1n) is 11.5. The van der Waals surface area contributed by atoms with E-state index in [1.165, 1.54) is 13.1 Å². The van der Waals surface area contributed by atoms with Crippen LogP contribution in [0, 0.1) is 11.8 Å². The molecule has 5 heterocycles. The summed E-state index contributed by atoms with van der Waals surface area (Å²) in [6.45, 7) is 3.14. The van der Waals surface area contributed by atoms with Crippen LogP contribution in [-0.4, -0.2) is 65.0 Å². The van der Waals surface area contributed by atoms with E-state index in [0.29, 0.717) is 30.3 Å². The number of amides is 1. The number of rotatable bonds is 4. The fourth-order valence-corrected chi connectivity index (χ4v) is 5.11. The summed E-state index contributed by atoms with van der Waals surface area (Å²) in [6.07, 6.45) is 3.82. The Balaban J connectivity index is 1.22. The number of aromatic nitrogens is 3. The normalized spacial score (nSPS) is 19.6. The first-order valence-corrected chi connectivity index (χ1v) is 11.5. The van der Waals surface area contributed by atoms with Gasteiger partial charge in [-0.1, -0.05) is 0 Å². The molecule has 8 nitrogen and oxygen atoms in total. The summed E-state index contributed by atoms with van der Waals surface area (Å²) in [5.74, 6) is -1.39. The maximum atomic E-state index is 14.5. The van der Waals surface area contributed by atoms with Crippen molar-refractivity contribution in [3.63, 3.8) is 0 Å². The van der Waals surface area contributed by atoms with Gasteiger partial charge in [0.25, 0.3) is 11.5 Å². The van der Waals surface area contributed by atoms with Crippen molar-refractivity contribution in [3.8, 4) is 0 Å². The second-order valence-electron chi connectivity index (χ2n) is 8.92. The topological polar surface area (TPSA) is 94.2 Å². The van der Waals surface area contributed by atoms with Gasteiger partial charge < -0.3 is 15.2 Å². The SMILES string of the molecule is CNC(=O)c1ccc(N2CCC(N3CCC(c4cc5ncc(F)cc5c(=O)[nH]4)C3)CC2)c(F)n1. The molecule has 2 saturated heterocycles. The van der Waals surface area contributed by atoms with E-state index >= 15 is 0 Å². The maximum absolute atomic E-state index is 14.5. The van der Waals surface area contributed by atoms with Crippen LogP contribution in [0.5, 0.6) is 0 Å². The third-order valence-corrected chi connectivity index (χ3v) is 6.95. The van der Waals surface area contributed by atoms with Crippen LogP contribution in [0.25, 0.3) is 10.9 Å². The van der Waals surface area contributed by atoms with Crippen LogP contribution in [-0.2, 0) is 0 Å². The number of fused-ring (bicyclic) bond motifs is 1. The van der Waals surface area contributed by atoms with Crippen LogP contribution in [0.15, 0.2) is 35.3 Å². The van der Waals surface area contributed by atoms with Crippen molar-refractivity contribution in [3.05, 3.63) is 64.0 Å². The number of piperidine rings is 1. The fourth-order valence-electron chi connectivity index (χ4n) is 5.11. The van der Waals surface area contributed by atoms with Gasteiger partial charge in [0.1, 0.15) is 11.5 Å². The number of likely N-dealkylation sites (tertiary alicyclic amines) is 1. The van der Waals surface area contributed by atoms with Crippen LogP contribution < -0.4 is 15.8 Å². The number of hydrogen-bond acceptors (Lipinski definition) is 6. The van der Waals surface area contributed by atoms with E-state index in [1.807, 2.05) is 11.0 Å². The number of aromatic amines is 1. The van der Waals surface area contributed by atoms with E-state index < -0.39 is 17.7 Å². The number of halogens is 2. The molecule has 3 aromatic heterocycles. The standard InChI is InChI=1S/C24H26F2N6O2/c1-27-24(34)18-2-3-21(22(26)29-18)31-8-5-16(6-9-31)32-7-4-14(13-32)19-11-20-17(23(33)30-19)10-15(25)12-28-20/h2-3,10-12,14,16H,4-9,13H2,1H3,(H,27,34)(H,30,33). The number of pyridine rings is 3. The molecule has 178 valence electrons. The molecule has 2 aliphatic rings. The van der Waals surface area contributed by atoms with E-state index in [2.05, 4.69) is 25.2 Å². The van der Waals surface area contributed by atoms with E-state index in [1.54, 1.807) is 12.1 Å². The van der Waals surface area contributed by atoms with Crippen molar-refractivity contribution >= 4 is 22.5 Å². The molecule has 0 radical (unpaired) electrons. The Kier molecular flexibility index (Phi) is 5.99. The molecule has 3 aromatic rings. The number of anilines is 1. The van der Waals surface area contributed by atoms with Crippen molar-refractivity contribution in [1.29, 1.82) is 0 Å². The monoisotopic (exact) mass is 468 g/mol. The van der Waals surface area contributed by atoms with Crippen molar-refractivity contribution in [2.75, 3.05) is 38.1 Å². The highest BCUT2D eigenvalue weighted by molar-refractivity contribution is 5.92. The van der Waals surface area contributed by atoms with Gasteiger partial charge in [-0.15, -0.1) is 0 Å². The third kappa shape index (κ3) is 4.25. The Morgan fingerprint density at radius 2 is 1.94 bits per heavy atom. The number of H-pyrrole nitrogens is 1. The second kappa shape index (κ2) is 9.09. The zero-order valence-corrected chi connectivity index (χ0v) is 18.9. The highest BCUT2D eigenvalue weighted by Crippen LogP contribution is 2.32. The van der Waals surface area contributed by atoms with Crippen molar-refractivity contribution in [1.82, 2.24) is 25.2 Å². The Morgan fingerprint density at radius 3 is 2.68 bits per heavy atom. The molecule has 0 bridgehead atoms. The Morgan fingerprint density at radius 1 is 1.15 bits per heavy atom. The number of carbonyl (C=O) groups excluding carboxylic acids is 1. The van der Waals surface area contributed by atoms with Crippen LogP contribution in [0.2, 0.25) is 0 Å². The zero-order chi connectivity index (χ0) is 23.8. The van der Waals surface area contributed by atoms with Gasteiger partial charge in [-0.05, 0) is 50.1 Å². The van der Waals surface area contributed by atoms with E-state index in [4.69, 9.17) is 0 Å². The maximum Gasteiger partial charge on any atom is 0.269 e. The van der Waals surface area contributed by atoms with Gasteiger partial charge in [0.15, 0.2) is 0 Å². The molecule has 10 heteroatoms. The van der Waals surface area contributed by atoms with Gasteiger partial charge in [-0.3, -0.25) is 19.5 Å². The number of nitrogens with one attached hydrogen (secondary N) is 2. The quantitative estimate of drug-likeness (QED) is 0.572. The molecule has 0 saturated carbocycles. The van der Waals surface area contributed by atoms with Crippen LogP contribution in [0.3, 0.4) is 0 Å². The predicted octanol–water partition coefficient (Wildman–Crippen LogP) is 2.41. The molecule has 1 atom stereocenters. The lowest BCUT2D eigenvalue weighted by atomic mass is 10.0. The average molecular weight is 469 g/mol. The summed E-state index contributed by atoms with van der Waals surface area (Å²) in [6, 6.07) is 6.61. The van der Waals surface area contributed by atoms with E-state index in [0.717, 1.165) is 44.2 Å². The van der Waals surface area contributed by atoms with Crippen LogP contribution in [0.1, 0.15) is 41.4 Å². The largest absolute Gasteiger partial charge is 0.368 e. The lowest BCUT2D eigenvalue weighted by Gasteiger charge is -2.37. The molecule has 0 spiro atoms. The van der Waals surface area contributed by atoms with Gasteiger partial charge >= 0.3 is 0 Å². The van der Waals surface area contributed by atoms with Crippen molar-refractivity contribution in [2.45, 2.75) is 31.2 Å². The van der Waals surface area contributed by atoms with Gasteiger partial charge in [0.2, 0.25) is 5.95 Å². The third-order valence-electron chi connectivity index (χ3n) is 6.95. The highest BCUT2D eigenvalue weighted by Gasteiger charge is 2.32. The smallest absolute Gasteiger partial charge is 0.269 e. The molecule has 2 fully saturated rings. The first kappa shape index (κ1) is 22.4. The molecule has 2 aliphatic heterocycles. The van der Waals surface area contributed by atoms with E-state index in [-0.39, 0.29) is 22.6 Å². The highest BCUT2D eigenvalue weighted by atomic mass is 19.1. The van der Waals surface area contributed by atoms with Gasteiger partial charge in [-0.25, -0.2) is 9.37 Å². The molecule has 5 rings (SSSR count). The van der Waals surface area contributed by atoms with Gasteiger partial charge in [0, 0.05) is 44.3 Å². The molecule has 34 heavy (non-hydrogen) atoms. The average Bonchev–Trinajstić information content (AvgIpc) is 3.34. The minimum Gasteiger partial charge on any atom is -0.368 e. The number of carbonyl (C=O) groups is 1. The molecule has 1 amide bonds. The minimum absolute atomic E-state index is 0.0637. The summed E-state index contributed by atoms with van der Waals surface area (Å²) in [4.78, 5) is 39.3. The molecule has 0 aromatic carbocycles. The number of nitrogens with zero attached hydrogens (tertiary/aromatic N) is 4. The summed E-state index contributed by atoms with van der Waals surface area (Å²) in [5, 5.41) is 2.71. The van der Waals surface area contributed by atoms with Gasteiger partial charge in [-0.2, -0.15) is 4.39 Å². The lowest BCUT2D eigenvalue weighted by molar-refractivity contribution is 0.0957. The summed E-state index contributed by atoms with van der Waals surface area (Å²) in [7, 11) is 1.49. The molecule has 1 unspecified atom stereocenters. The molecular formula is C24H26F2N6O2. The van der Waals surface area contributed by atoms with Crippen molar-refractivity contribution in [2.24, 2.45) is 0 Å². The molecule has 2 N–H and O–H groups in total. The van der Waals surface area contributed by atoms with Gasteiger partial charge in [0.05, 0.1) is 22.8 Å². The van der Waals surface area contributed by atoms with Crippen molar-refractivity contribution < 1.29 is 13.6 Å². The van der Waals surface area contributed by atoms with Crippen LogP contribution in [0.4, 0.5) is 14.5 Å². The zero-order valence-electron chi connectivity index (χ0n) is 18.9. The fraction of sp³-hybridized carbons (Fsp3) is 0.417. The second-order valence-corrected chi connectivity index (χ2v) is 8.92. The van der Waals surface area contributed by atoms with E-state index in [9.17, 15) is 18.4 Å². The molecule has 0 aliphatic carbocycles. The predicted molar refractivity (Wildman–Crippen MR) is 124 cm³/mol. The first-order chi connectivity index (χ1) is 16.4. The lowest BCUT2D eigenvalue weighted by Crippen LogP contribution is -2.44. The number of hydrogen-bond donors (Lipinski definition) is 2. The van der Waals surface area contributed by atoms with Crippen LogP contribution >= 0.6 is 0 Å². The summed E-state index contributed by atoms with van der Waals surface area (Å²) < 4.78 is 28.0. The minimum atomic E-state index is -0.630. The summed E-state index contributed by atoms with van der Waals surface area (Å²) in [5.41, 5.74) is 1.51. The Bertz CT molecular complexity index is 1290. The Labute approximate surface area is 195 Å². The molecular weight excluding hydrogens is 442 g/mol. The Hall–Kier alpha value is -3.40. The summed E-state index contributed by atoms with van der Waals surface area (Å²) >= 11 is 0.